The fourth-order valence-corrected chi connectivity index (χ4v) is 2.84. The van der Waals surface area contributed by atoms with Crippen molar-refractivity contribution in [2.45, 2.75) is 6.04 Å². The molecule has 2 rings (SSSR count). The van der Waals surface area contributed by atoms with Crippen molar-refractivity contribution in [2.24, 2.45) is 0 Å². The van der Waals surface area contributed by atoms with Gasteiger partial charge in [0.05, 0.1) is 23.2 Å². The molecule has 0 aliphatic carbocycles. The Kier molecular flexibility index (Phi) is 5.33. The topological polar surface area (TPSA) is 21.3 Å². The van der Waals surface area contributed by atoms with E-state index >= 15 is 0 Å². The zero-order chi connectivity index (χ0) is 15.6. The molecule has 0 fully saturated rings. The fourth-order valence-electron chi connectivity index (χ4n) is 2.14. The highest BCUT2D eigenvalue weighted by atomic mass is 35.5. The van der Waals surface area contributed by atoms with Crippen molar-refractivity contribution in [2.75, 3.05) is 14.2 Å². The van der Waals surface area contributed by atoms with Crippen molar-refractivity contribution in [1.82, 2.24) is 5.32 Å². The van der Waals surface area contributed by atoms with Crippen molar-refractivity contribution < 1.29 is 9.13 Å². The Labute approximate surface area is 137 Å². The van der Waals surface area contributed by atoms with Gasteiger partial charge in [-0.25, -0.2) is 4.39 Å². The van der Waals surface area contributed by atoms with Crippen LogP contribution >= 0.6 is 34.8 Å². The van der Waals surface area contributed by atoms with Crippen LogP contribution in [-0.2, 0) is 0 Å². The molecule has 0 amide bonds. The first-order valence-electron chi connectivity index (χ1n) is 6.13. The van der Waals surface area contributed by atoms with E-state index < -0.39 is 11.9 Å². The van der Waals surface area contributed by atoms with Crippen LogP contribution in [0.15, 0.2) is 30.3 Å². The molecule has 0 aliphatic rings. The summed E-state index contributed by atoms with van der Waals surface area (Å²) in [6, 6.07) is 7.62. The van der Waals surface area contributed by atoms with E-state index in [-0.39, 0.29) is 5.02 Å². The minimum atomic E-state index is -0.485. The number of methoxy groups -OCH3 is 1. The number of ether oxygens (including phenoxy) is 1. The van der Waals surface area contributed by atoms with Crippen molar-refractivity contribution in [3.63, 3.8) is 0 Å². The highest BCUT2D eigenvalue weighted by molar-refractivity contribution is 6.34. The lowest BCUT2D eigenvalue weighted by atomic mass is 9.98. The summed E-state index contributed by atoms with van der Waals surface area (Å²) < 4.78 is 19.3. The SMILES string of the molecule is CNC(c1cc(Cl)c(OC)cc1Cl)c1cccc(Cl)c1F. The average Bonchev–Trinajstić information content (AvgIpc) is 2.47. The second kappa shape index (κ2) is 6.84. The van der Waals surface area contributed by atoms with Crippen LogP contribution in [0.3, 0.4) is 0 Å². The van der Waals surface area contributed by atoms with Crippen molar-refractivity contribution in [1.29, 1.82) is 0 Å². The molecular formula is C15H13Cl3FNO. The number of halogens is 4. The number of hydrogen-bond donors (Lipinski definition) is 1. The first kappa shape index (κ1) is 16.4. The molecule has 2 aromatic rings. The summed E-state index contributed by atoms with van der Waals surface area (Å²) in [6.45, 7) is 0. The van der Waals surface area contributed by atoms with Crippen LogP contribution < -0.4 is 10.1 Å². The van der Waals surface area contributed by atoms with E-state index in [1.807, 2.05) is 0 Å². The molecule has 0 aromatic heterocycles. The smallest absolute Gasteiger partial charge is 0.146 e. The first-order valence-corrected chi connectivity index (χ1v) is 7.27. The van der Waals surface area contributed by atoms with Gasteiger partial charge in [0.1, 0.15) is 11.6 Å². The zero-order valence-corrected chi connectivity index (χ0v) is 13.7. The van der Waals surface area contributed by atoms with Gasteiger partial charge in [-0.15, -0.1) is 0 Å². The number of benzene rings is 2. The Balaban J connectivity index is 2.57. The molecule has 0 saturated heterocycles. The van der Waals surface area contributed by atoms with Gasteiger partial charge in [0, 0.05) is 16.7 Å². The van der Waals surface area contributed by atoms with Crippen LogP contribution in [0.1, 0.15) is 17.2 Å². The van der Waals surface area contributed by atoms with E-state index in [9.17, 15) is 4.39 Å². The molecular weight excluding hydrogens is 336 g/mol. The number of rotatable bonds is 4. The molecule has 0 heterocycles. The Hall–Kier alpha value is -1.00. The van der Waals surface area contributed by atoms with Crippen LogP contribution in [0.2, 0.25) is 15.1 Å². The summed E-state index contributed by atoms with van der Waals surface area (Å²) in [5.74, 6) is -0.0200. The lowest BCUT2D eigenvalue weighted by molar-refractivity contribution is 0.414. The molecule has 0 aliphatic heterocycles. The first-order chi connectivity index (χ1) is 9.99. The molecule has 0 spiro atoms. The number of nitrogens with one attached hydrogen (secondary N) is 1. The van der Waals surface area contributed by atoms with Crippen LogP contribution in [0.4, 0.5) is 4.39 Å². The van der Waals surface area contributed by atoms with Gasteiger partial charge in [0.25, 0.3) is 0 Å². The third-order valence-corrected chi connectivity index (χ3v) is 4.08. The Morgan fingerprint density at radius 2 is 1.76 bits per heavy atom. The molecule has 0 radical (unpaired) electrons. The van der Waals surface area contributed by atoms with Gasteiger partial charge >= 0.3 is 0 Å². The molecule has 21 heavy (non-hydrogen) atoms. The molecule has 1 N–H and O–H groups in total. The minimum Gasteiger partial charge on any atom is -0.495 e. The molecule has 112 valence electrons. The zero-order valence-electron chi connectivity index (χ0n) is 11.4. The monoisotopic (exact) mass is 347 g/mol. The molecule has 1 atom stereocenters. The molecule has 0 saturated carbocycles. The van der Waals surface area contributed by atoms with Gasteiger partial charge in [0.2, 0.25) is 0 Å². The van der Waals surface area contributed by atoms with E-state index in [2.05, 4.69) is 5.32 Å². The van der Waals surface area contributed by atoms with Crippen molar-refractivity contribution >= 4 is 34.8 Å². The maximum Gasteiger partial charge on any atom is 0.146 e. The highest BCUT2D eigenvalue weighted by Crippen LogP contribution is 2.37. The van der Waals surface area contributed by atoms with Gasteiger partial charge in [-0.3, -0.25) is 0 Å². The summed E-state index contributed by atoms with van der Waals surface area (Å²) >= 11 is 18.2. The summed E-state index contributed by atoms with van der Waals surface area (Å²) in [5.41, 5.74) is 1.04. The lowest BCUT2D eigenvalue weighted by Gasteiger charge is -2.20. The van der Waals surface area contributed by atoms with Crippen LogP contribution in [0.5, 0.6) is 5.75 Å². The lowest BCUT2D eigenvalue weighted by Crippen LogP contribution is -2.19. The quantitative estimate of drug-likeness (QED) is 0.829. The fraction of sp³-hybridized carbons (Fsp3) is 0.200. The molecule has 2 aromatic carbocycles. The van der Waals surface area contributed by atoms with Crippen LogP contribution in [0.25, 0.3) is 0 Å². The predicted octanol–water partition coefficient (Wildman–Crippen LogP) is 5.10. The van der Waals surface area contributed by atoms with Gasteiger partial charge in [0.15, 0.2) is 0 Å². The summed E-state index contributed by atoms with van der Waals surface area (Å²) in [5, 5.41) is 3.91. The van der Waals surface area contributed by atoms with E-state index in [1.54, 1.807) is 31.3 Å². The van der Waals surface area contributed by atoms with Gasteiger partial charge in [-0.1, -0.05) is 46.9 Å². The normalized spacial score (nSPS) is 12.3. The average molecular weight is 349 g/mol. The van der Waals surface area contributed by atoms with Gasteiger partial charge < -0.3 is 10.1 Å². The maximum atomic E-state index is 14.2. The third-order valence-electron chi connectivity index (χ3n) is 3.16. The molecule has 6 heteroatoms. The highest BCUT2D eigenvalue weighted by Gasteiger charge is 2.21. The standard InChI is InChI=1S/C15H13Cl3FNO/c1-20-15(8-4-3-5-10(16)14(8)19)9-6-12(18)13(21-2)7-11(9)17/h3-7,15,20H,1-2H3. The second-order valence-electron chi connectivity index (χ2n) is 4.37. The van der Waals surface area contributed by atoms with E-state index in [0.29, 0.717) is 26.9 Å². The third kappa shape index (κ3) is 3.27. The van der Waals surface area contributed by atoms with Gasteiger partial charge in [-0.05, 0) is 24.7 Å². The largest absolute Gasteiger partial charge is 0.495 e. The molecule has 2 nitrogen and oxygen atoms in total. The Morgan fingerprint density at radius 1 is 1.05 bits per heavy atom. The second-order valence-corrected chi connectivity index (χ2v) is 5.59. The minimum absolute atomic E-state index is 0.0588. The van der Waals surface area contributed by atoms with Crippen molar-refractivity contribution in [3.8, 4) is 5.75 Å². The predicted molar refractivity (Wildman–Crippen MR) is 85.3 cm³/mol. The summed E-state index contributed by atoms with van der Waals surface area (Å²) in [6.07, 6.45) is 0. The molecule has 1 unspecified atom stereocenters. The summed E-state index contributed by atoms with van der Waals surface area (Å²) in [4.78, 5) is 0. The van der Waals surface area contributed by atoms with E-state index in [0.717, 1.165) is 0 Å². The van der Waals surface area contributed by atoms with E-state index in [4.69, 9.17) is 39.5 Å². The Bertz CT molecular complexity index is 664. The van der Waals surface area contributed by atoms with Crippen LogP contribution in [-0.4, -0.2) is 14.2 Å². The van der Waals surface area contributed by atoms with Crippen LogP contribution in [0, 0.1) is 5.82 Å². The maximum absolute atomic E-state index is 14.2. The Morgan fingerprint density at radius 3 is 2.38 bits per heavy atom. The van der Waals surface area contributed by atoms with Crippen molar-refractivity contribution in [3.05, 3.63) is 62.3 Å². The number of hydrogen-bond acceptors (Lipinski definition) is 2. The molecule has 0 bridgehead atoms. The van der Waals surface area contributed by atoms with E-state index in [1.165, 1.54) is 13.2 Å². The van der Waals surface area contributed by atoms with Gasteiger partial charge in [-0.2, -0.15) is 0 Å². The summed E-state index contributed by atoms with van der Waals surface area (Å²) in [7, 11) is 3.21.